The molecule has 0 aromatic rings. The predicted molar refractivity (Wildman–Crippen MR) is 99.5 cm³/mol. The molecule has 29 heavy (non-hydrogen) atoms. The van der Waals surface area contributed by atoms with Crippen LogP contribution >= 0.6 is 12.4 Å². The maximum Gasteiger partial charge on any atom is 0.331 e. The molecule has 0 radical (unpaired) electrons. The second kappa shape index (κ2) is 11.7. The van der Waals surface area contributed by atoms with Crippen LogP contribution in [0.3, 0.4) is 0 Å². The quantitative estimate of drug-likeness (QED) is 0.222. The molecular formula is C18H27ClF4N2O4. The lowest BCUT2D eigenvalue weighted by Gasteiger charge is -2.15. The van der Waals surface area contributed by atoms with Crippen LogP contribution in [-0.2, 0) is 19.1 Å². The number of rotatable bonds is 10. The Labute approximate surface area is 173 Å². The molecule has 168 valence electrons. The number of esters is 2. The standard InChI is InChI=1S/C18H26F4N2O4.ClH/c19-17(20)5-9-23(13-17)7-1-11-27-15(25)3-4-16(26)28-12-2-8-24-10-6-18(21,22)14-24;/h3-4H,1-2,5-14H2;1H/b4-3+;. The van der Waals surface area contributed by atoms with Gasteiger partial charge in [0, 0.05) is 51.2 Å². The Morgan fingerprint density at radius 2 is 1.17 bits per heavy atom. The van der Waals surface area contributed by atoms with Crippen molar-refractivity contribution in [3.63, 3.8) is 0 Å². The second-order valence-electron chi connectivity index (χ2n) is 7.14. The van der Waals surface area contributed by atoms with E-state index in [2.05, 4.69) is 0 Å². The summed E-state index contributed by atoms with van der Waals surface area (Å²) in [5, 5.41) is 0. The van der Waals surface area contributed by atoms with Gasteiger partial charge in [-0.2, -0.15) is 0 Å². The van der Waals surface area contributed by atoms with Gasteiger partial charge in [-0.1, -0.05) is 0 Å². The van der Waals surface area contributed by atoms with Crippen LogP contribution in [0.1, 0.15) is 25.7 Å². The molecule has 0 bridgehead atoms. The first kappa shape index (κ1) is 25.6. The number of halogens is 5. The molecule has 6 nitrogen and oxygen atoms in total. The predicted octanol–water partition coefficient (Wildman–Crippen LogP) is 2.51. The lowest BCUT2D eigenvalue weighted by Crippen LogP contribution is -2.27. The van der Waals surface area contributed by atoms with Gasteiger partial charge in [-0.15, -0.1) is 12.4 Å². The molecule has 0 saturated carbocycles. The summed E-state index contributed by atoms with van der Waals surface area (Å²) in [5.41, 5.74) is 0. The SMILES string of the molecule is Cl.O=C(/C=C/C(=O)OCCCN1CCC(F)(F)C1)OCCCN1CCC(F)(F)C1. The lowest BCUT2D eigenvalue weighted by molar-refractivity contribution is -0.140. The van der Waals surface area contributed by atoms with E-state index in [0.29, 0.717) is 39.0 Å². The normalized spacial score (nSPS) is 21.2. The van der Waals surface area contributed by atoms with Gasteiger partial charge in [0.05, 0.1) is 26.3 Å². The Kier molecular flexibility index (Phi) is 10.4. The van der Waals surface area contributed by atoms with Crippen molar-refractivity contribution in [1.29, 1.82) is 0 Å². The van der Waals surface area contributed by atoms with Gasteiger partial charge >= 0.3 is 11.9 Å². The molecule has 0 amide bonds. The fourth-order valence-electron chi connectivity index (χ4n) is 3.15. The first-order valence-corrected chi connectivity index (χ1v) is 9.37. The summed E-state index contributed by atoms with van der Waals surface area (Å²) in [7, 11) is 0. The topological polar surface area (TPSA) is 59.1 Å². The number of ether oxygens (including phenoxy) is 2. The summed E-state index contributed by atoms with van der Waals surface area (Å²) in [6, 6.07) is 0. The van der Waals surface area contributed by atoms with Crippen LogP contribution in [0.5, 0.6) is 0 Å². The Balaban J connectivity index is 0.00000420. The number of hydrogen-bond acceptors (Lipinski definition) is 6. The molecule has 2 heterocycles. The van der Waals surface area contributed by atoms with Gasteiger partial charge in [0.1, 0.15) is 0 Å². The summed E-state index contributed by atoms with van der Waals surface area (Å²) < 4.78 is 61.8. The summed E-state index contributed by atoms with van der Waals surface area (Å²) in [6.07, 6.45) is 2.43. The van der Waals surface area contributed by atoms with E-state index in [-0.39, 0.29) is 51.6 Å². The number of carbonyl (C=O) groups is 2. The van der Waals surface area contributed by atoms with Crippen LogP contribution in [-0.4, -0.2) is 86.1 Å². The highest BCUT2D eigenvalue weighted by Gasteiger charge is 2.38. The molecule has 2 fully saturated rings. The highest BCUT2D eigenvalue weighted by molar-refractivity contribution is 5.91. The number of hydrogen-bond donors (Lipinski definition) is 0. The van der Waals surface area contributed by atoms with Crippen LogP contribution in [0, 0.1) is 0 Å². The molecule has 2 saturated heterocycles. The van der Waals surface area contributed by atoms with Crippen molar-refractivity contribution in [3.05, 3.63) is 12.2 Å². The zero-order valence-corrected chi connectivity index (χ0v) is 16.9. The Hall–Kier alpha value is -1.39. The third-order valence-electron chi connectivity index (χ3n) is 4.58. The van der Waals surface area contributed by atoms with Crippen molar-refractivity contribution in [2.45, 2.75) is 37.5 Å². The average molecular weight is 447 g/mol. The van der Waals surface area contributed by atoms with E-state index in [9.17, 15) is 27.2 Å². The molecule has 11 heteroatoms. The van der Waals surface area contributed by atoms with E-state index in [1.165, 1.54) is 0 Å². The van der Waals surface area contributed by atoms with Crippen molar-refractivity contribution < 1.29 is 36.6 Å². The van der Waals surface area contributed by atoms with Gasteiger partial charge in [0.15, 0.2) is 0 Å². The van der Waals surface area contributed by atoms with Crippen LogP contribution in [0.2, 0.25) is 0 Å². The second-order valence-corrected chi connectivity index (χ2v) is 7.14. The van der Waals surface area contributed by atoms with E-state index in [1.807, 2.05) is 0 Å². The smallest absolute Gasteiger partial charge is 0.331 e. The summed E-state index contributed by atoms with van der Waals surface area (Å²) >= 11 is 0. The first-order valence-electron chi connectivity index (χ1n) is 9.37. The highest BCUT2D eigenvalue weighted by atomic mass is 35.5. The molecule has 0 aromatic carbocycles. The minimum Gasteiger partial charge on any atom is -0.462 e. The third-order valence-corrected chi connectivity index (χ3v) is 4.58. The average Bonchev–Trinajstić information content (AvgIpc) is 3.14. The van der Waals surface area contributed by atoms with Crippen LogP contribution in [0.25, 0.3) is 0 Å². The van der Waals surface area contributed by atoms with Crippen LogP contribution < -0.4 is 0 Å². The monoisotopic (exact) mass is 446 g/mol. The molecule has 0 aromatic heterocycles. The fraction of sp³-hybridized carbons (Fsp3) is 0.778. The van der Waals surface area contributed by atoms with E-state index >= 15 is 0 Å². The Morgan fingerprint density at radius 3 is 1.48 bits per heavy atom. The van der Waals surface area contributed by atoms with Crippen molar-refractivity contribution in [3.8, 4) is 0 Å². The third kappa shape index (κ3) is 10.3. The Bertz CT molecular complexity index is 530. The summed E-state index contributed by atoms with van der Waals surface area (Å²) in [6.45, 7) is 1.08. The molecule has 0 aliphatic carbocycles. The molecule has 0 N–H and O–H groups in total. The van der Waals surface area contributed by atoms with Crippen LogP contribution in [0.4, 0.5) is 17.6 Å². The molecule has 2 aliphatic rings. The fourth-order valence-corrected chi connectivity index (χ4v) is 3.15. The van der Waals surface area contributed by atoms with Gasteiger partial charge in [-0.3, -0.25) is 9.80 Å². The molecule has 0 spiro atoms. The Morgan fingerprint density at radius 1 is 0.793 bits per heavy atom. The van der Waals surface area contributed by atoms with Gasteiger partial charge < -0.3 is 9.47 Å². The van der Waals surface area contributed by atoms with Gasteiger partial charge in [0.25, 0.3) is 11.8 Å². The van der Waals surface area contributed by atoms with Crippen molar-refractivity contribution >= 4 is 24.3 Å². The molecule has 2 rings (SSSR count). The van der Waals surface area contributed by atoms with E-state index in [4.69, 9.17) is 9.47 Å². The van der Waals surface area contributed by atoms with Crippen molar-refractivity contribution in [1.82, 2.24) is 9.80 Å². The molecule has 0 unspecified atom stereocenters. The van der Waals surface area contributed by atoms with Gasteiger partial charge in [0.2, 0.25) is 0 Å². The molecule has 0 atom stereocenters. The van der Waals surface area contributed by atoms with Gasteiger partial charge in [-0.05, 0) is 12.8 Å². The first-order chi connectivity index (χ1) is 13.2. The van der Waals surface area contributed by atoms with Crippen LogP contribution in [0.15, 0.2) is 12.2 Å². The number of carbonyl (C=O) groups excluding carboxylic acids is 2. The van der Waals surface area contributed by atoms with E-state index < -0.39 is 23.8 Å². The van der Waals surface area contributed by atoms with E-state index in [1.54, 1.807) is 9.80 Å². The largest absolute Gasteiger partial charge is 0.462 e. The highest BCUT2D eigenvalue weighted by Crippen LogP contribution is 2.27. The van der Waals surface area contributed by atoms with Crippen molar-refractivity contribution in [2.24, 2.45) is 0 Å². The number of likely N-dealkylation sites (tertiary alicyclic amines) is 2. The summed E-state index contributed by atoms with van der Waals surface area (Å²) in [4.78, 5) is 26.2. The minimum absolute atomic E-state index is 0. The van der Waals surface area contributed by atoms with Gasteiger partial charge in [-0.25, -0.2) is 27.2 Å². The zero-order chi connectivity index (χ0) is 20.6. The van der Waals surface area contributed by atoms with E-state index in [0.717, 1.165) is 12.2 Å². The molecule has 2 aliphatic heterocycles. The number of nitrogens with zero attached hydrogens (tertiary/aromatic N) is 2. The summed E-state index contributed by atoms with van der Waals surface area (Å²) in [5.74, 6) is -6.72. The minimum atomic E-state index is -2.64. The maximum absolute atomic E-state index is 13.0. The molecular weight excluding hydrogens is 420 g/mol. The maximum atomic E-state index is 13.0. The lowest BCUT2D eigenvalue weighted by atomic mass is 10.3. The zero-order valence-electron chi connectivity index (χ0n) is 16.1. The number of alkyl halides is 4. The van der Waals surface area contributed by atoms with Crippen molar-refractivity contribution in [2.75, 3.05) is 52.5 Å².